The van der Waals surface area contributed by atoms with Gasteiger partial charge < -0.3 is 9.30 Å². The maximum absolute atomic E-state index is 5.80. The van der Waals surface area contributed by atoms with Gasteiger partial charge in [-0.1, -0.05) is 37.3 Å². The van der Waals surface area contributed by atoms with Gasteiger partial charge in [-0.2, -0.15) is 4.98 Å². The van der Waals surface area contributed by atoms with Crippen LogP contribution in [0.3, 0.4) is 0 Å². The Kier molecular flexibility index (Phi) is 5.63. The van der Waals surface area contributed by atoms with Crippen molar-refractivity contribution in [1.82, 2.24) is 14.5 Å². The maximum atomic E-state index is 5.80. The molecule has 0 N–H and O–H groups in total. The van der Waals surface area contributed by atoms with Crippen molar-refractivity contribution in [3.8, 4) is 5.88 Å². The highest BCUT2D eigenvalue weighted by atomic mass is 17.2. The summed E-state index contributed by atoms with van der Waals surface area (Å²) in [7, 11) is 1.48. The van der Waals surface area contributed by atoms with Crippen LogP contribution in [0.5, 0.6) is 5.88 Å². The molecule has 2 aromatic heterocycles. The predicted molar refractivity (Wildman–Crippen MR) is 95.6 cm³/mol. The van der Waals surface area contributed by atoms with Crippen molar-refractivity contribution in [3.63, 3.8) is 0 Å². The van der Waals surface area contributed by atoms with Gasteiger partial charge in [-0.15, -0.1) is 0 Å². The Bertz CT molecular complexity index is 831. The lowest BCUT2D eigenvalue weighted by Gasteiger charge is -2.10. The van der Waals surface area contributed by atoms with E-state index < -0.39 is 0 Å². The summed E-state index contributed by atoms with van der Waals surface area (Å²) in [4.78, 5) is 18.5. The SMILES string of the molecule is CCc1cc2c(OCCOOC)nc(C)nc2n1Cc1ccccc1. The van der Waals surface area contributed by atoms with Gasteiger partial charge in [0.05, 0.1) is 12.5 Å². The summed E-state index contributed by atoms with van der Waals surface area (Å²) in [5, 5.41) is 0.927. The molecule has 3 aromatic rings. The third-order valence-electron chi connectivity index (χ3n) is 3.98. The quantitative estimate of drug-likeness (QED) is 0.357. The molecule has 0 fully saturated rings. The molecule has 1 aromatic carbocycles. The molecule has 25 heavy (non-hydrogen) atoms. The van der Waals surface area contributed by atoms with Gasteiger partial charge in [0.15, 0.2) is 0 Å². The maximum Gasteiger partial charge on any atom is 0.226 e. The molecule has 6 nitrogen and oxygen atoms in total. The van der Waals surface area contributed by atoms with Crippen LogP contribution in [0.15, 0.2) is 36.4 Å². The Morgan fingerprint density at radius 1 is 1.08 bits per heavy atom. The van der Waals surface area contributed by atoms with Gasteiger partial charge in [0.25, 0.3) is 0 Å². The fourth-order valence-electron chi connectivity index (χ4n) is 2.85. The third kappa shape index (κ3) is 3.97. The van der Waals surface area contributed by atoms with Crippen molar-refractivity contribution in [2.75, 3.05) is 20.3 Å². The van der Waals surface area contributed by atoms with Crippen molar-refractivity contribution < 1.29 is 14.5 Å². The van der Waals surface area contributed by atoms with E-state index in [0.29, 0.717) is 24.9 Å². The molecule has 0 aliphatic rings. The molecule has 0 unspecified atom stereocenters. The summed E-state index contributed by atoms with van der Waals surface area (Å²) in [5.74, 6) is 1.27. The lowest BCUT2D eigenvalue weighted by molar-refractivity contribution is -0.275. The summed E-state index contributed by atoms with van der Waals surface area (Å²) < 4.78 is 8.03. The van der Waals surface area contributed by atoms with Crippen molar-refractivity contribution in [1.29, 1.82) is 0 Å². The molecule has 0 aliphatic carbocycles. The molecule has 0 saturated carbocycles. The van der Waals surface area contributed by atoms with E-state index in [9.17, 15) is 0 Å². The summed E-state index contributed by atoms with van der Waals surface area (Å²) >= 11 is 0. The molecule has 0 aliphatic heterocycles. The number of rotatable bonds is 8. The first-order valence-electron chi connectivity index (χ1n) is 8.42. The van der Waals surface area contributed by atoms with Crippen LogP contribution in [0.1, 0.15) is 24.0 Å². The van der Waals surface area contributed by atoms with E-state index in [2.05, 4.69) is 56.7 Å². The molecule has 0 atom stereocenters. The van der Waals surface area contributed by atoms with Gasteiger partial charge in [0.2, 0.25) is 5.88 Å². The first-order chi connectivity index (χ1) is 12.2. The number of aryl methyl sites for hydroxylation is 2. The van der Waals surface area contributed by atoms with Crippen LogP contribution in [-0.4, -0.2) is 34.9 Å². The minimum absolute atomic E-state index is 0.340. The van der Waals surface area contributed by atoms with Crippen LogP contribution in [0.25, 0.3) is 11.0 Å². The fraction of sp³-hybridized carbons (Fsp3) is 0.368. The first-order valence-corrected chi connectivity index (χ1v) is 8.42. The molecule has 132 valence electrons. The topological polar surface area (TPSA) is 58.4 Å². The minimum Gasteiger partial charge on any atom is -0.475 e. The lowest BCUT2D eigenvalue weighted by atomic mass is 10.2. The van der Waals surface area contributed by atoms with Crippen LogP contribution in [0.4, 0.5) is 0 Å². The molecule has 0 radical (unpaired) electrons. The molecule has 0 bridgehead atoms. The molecular formula is C19H23N3O3. The van der Waals surface area contributed by atoms with Gasteiger partial charge in [-0.25, -0.2) is 14.8 Å². The van der Waals surface area contributed by atoms with Crippen molar-refractivity contribution >= 4 is 11.0 Å². The number of hydrogen-bond donors (Lipinski definition) is 0. The normalized spacial score (nSPS) is 11.2. The van der Waals surface area contributed by atoms with Crippen molar-refractivity contribution in [2.24, 2.45) is 0 Å². The Morgan fingerprint density at radius 3 is 2.60 bits per heavy atom. The van der Waals surface area contributed by atoms with Crippen LogP contribution in [-0.2, 0) is 22.7 Å². The highest BCUT2D eigenvalue weighted by Gasteiger charge is 2.15. The predicted octanol–water partition coefficient (Wildman–Crippen LogP) is 3.31. The number of ether oxygens (including phenoxy) is 1. The van der Waals surface area contributed by atoms with Crippen molar-refractivity contribution in [3.05, 3.63) is 53.5 Å². The molecular weight excluding hydrogens is 318 g/mol. The van der Waals surface area contributed by atoms with Crippen LogP contribution in [0.2, 0.25) is 0 Å². The minimum atomic E-state index is 0.340. The zero-order valence-corrected chi connectivity index (χ0v) is 14.9. The van der Waals surface area contributed by atoms with Gasteiger partial charge in [0.1, 0.15) is 24.7 Å². The van der Waals surface area contributed by atoms with Crippen molar-refractivity contribution in [2.45, 2.75) is 26.8 Å². The van der Waals surface area contributed by atoms with Crippen LogP contribution in [0, 0.1) is 6.92 Å². The Balaban J connectivity index is 1.97. The number of hydrogen-bond acceptors (Lipinski definition) is 5. The number of benzene rings is 1. The second-order valence-corrected chi connectivity index (χ2v) is 5.71. The summed E-state index contributed by atoms with van der Waals surface area (Å²) in [6.45, 7) is 5.50. The van der Waals surface area contributed by atoms with Crippen LogP contribution >= 0.6 is 0 Å². The number of fused-ring (bicyclic) bond motifs is 1. The van der Waals surface area contributed by atoms with E-state index in [1.807, 2.05) is 13.0 Å². The molecule has 3 rings (SSSR count). The molecule has 0 spiro atoms. The van der Waals surface area contributed by atoms with E-state index >= 15 is 0 Å². The number of aromatic nitrogens is 3. The van der Waals surface area contributed by atoms with Gasteiger partial charge in [0, 0.05) is 12.2 Å². The molecule has 6 heteroatoms. The third-order valence-corrected chi connectivity index (χ3v) is 3.98. The van der Waals surface area contributed by atoms with Gasteiger partial charge >= 0.3 is 0 Å². The van der Waals surface area contributed by atoms with Crippen LogP contribution < -0.4 is 4.74 Å². The highest BCUT2D eigenvalue weighted by Crippen LogP contribution is 2.27. The second kappa shape index (κ2) is 8.09. The zero-order chi connectivity index (χ0) is 17.6. The molecule has 0 saturated heterocycles. The summed E-state index contributed by atoms with van der Waals surface area (Å²) in [6, 6.07) is 12.5. The van der Waals surface area contributed by atoms with E-state index in [1.54, 1.807) is 0 Å². The lowest BCUT2D eigenvalue weighted by Crippen LogP contribution is -2.09. The fourth-order valence-corrected chi connectivity index (χ4v) is 2.85. The largest absolute Gasteiger partial charge is 0.475 e. The van der Waals surface area contributed by atoms with E-state index in [-0.39, 0.29) is 0 Å². The first kappa shape index (κ1) is 17.4. The smallest absolute Gasteiger partial charge is 0.226 e. The standard InChI is InChI=1S/C19H23N3O3/c1-4-16-12-17-18(22(16)13-15-8-6-5-7-9-15)20-14(2)21-19(17)24-10-11-25-23-3/h5-9,12H,4,10-11,13H2,1-3H3. The summed E-state index contributed by atoms with van der Waals surface area (Å²) in [6.07, 6.45) is 0.911. The summed E-state index contributed by atoms with van der Waals surface area (Å²) in [5.41, 5.74) is 3.34. The second-order valence-electron chi connectivity index (χ2n) is 5.71. The Morgan fingerprint density at radius 2 is 1.88 bits per heavy atom. The average Bonchev–Trinajstić information content (AvgIpc) is 2.97. The average molecular weight is 341 g/mol. The number of nitrogens with zero attached hydrogens (tertiary/aromatic N) is 3. The zero-order valence-electron chi connectivity index (χ0n) is 14.9. The van der Waals surface area contributed by atoms with E-state index in [1.165, 1.54) is 18.4 Å². The van der Waals surface area contributed by atoms with E-state index in [0.717, 1.165) is 24.0 Å². The van der Waals surface area contributed by atoms with E-state index in [4.69, 9.17) is 9.62 Å². The molecule has 2 heterocycles. The monoisotopic (exact) mass is 341 g/mol. The van der Waals surface area contributed by atoms with Gasteiger partial charge in [-0.3, -0.25) is 0 Å². The van der Waals surface area contributed by atoms with Gasteiger partial charge in [-0.05, 0) is 25.0 Å². The Hall–Kier alpha value is -2.44. The highest BCUT2D eigenvalue weighted by molar-refractivity contribution is 5.83. The Labute approximate surface area is 147 Å². The molecule has 0 amide bonds.